The van der Waals surface area contributed by atoms with Crippen molar-refractivity contribution in [2.75, 3.05) is 17.7 Å². The number of anilines is 2. The Labute approximate surface area is 170 Å². The lowest BCUT2D eigenvalue weighted by molar-refractivity contribution is -0.111. The van der Waals surface area contributed by atoms with Gasteiger partial charge in [0.2, 0.25) is 5.91 Å². The van der Waals surface area contributed by atoms with E-state index >= 15 is 0 Å². The zero-order chi connectivity index (χ0) is 20.6. The molecule has 5 nitrogen and oxygen atoms in total. The van der Waals surface area contributed by atoms with E-state index in [1.165, 1.54) is 0 Å². The Bertz CT molecular complexity index is 1010. The van der Waals surface area contributed by atoms with Crippen molar-refractivity contribution in [3.05, 3.63) is 96.1 Å². The van der Waals surface area contributed by atoms with Crippen LogP contribution in [0.25, 0.3) is 5.57 Å². The van der Waals surface area contributed by atoms with E-state index in [9.17, 15) is 9.59 Å². The molecule has 5 heteroatoms. The molecule has 0 spiro atoms. The van der Waals surface area contributed by atoms with Crippen molar-refractivity contribution in [2.24, 2.45) is 0 Å². The first kappa shape index (κ1) is 19.9. The first-order valence-electron chi connectivity index (χ1n) is 9.15. The molecule has 3 aromatic carbocycles. The SMILES string of the molecule is COc1ccc(NC(=O)c2ccc(NC(=O)/C=C(/C)c3ccccc3)cc2)cc1. The molecule has 0 aliphatic carbocycles. The van der Waals surface area contributed by atoms with Crippen molar-refractivity contribution in [2.45, 2.75) is 6.92 Å². The first-order valence-corrected chi connectivity index (χ1v) is 9.15. The molecule has 0 heterocycles. The van der Waals surface area contributed by atoms with Gasteiger partial charge in [-0.3, -0.25) is 9.59 Å². The van der Waals surface area contributed by atoms with Gasteiger partial charge in [-0.15, -0.1) is 0 Å². The summed E-state index contributed by atoms with van der Waals surface area (Å²) >= 11 is 0. The average molecular weight is 386 g/mol. The molecule has 2 amide bonds. The highest BCUT2D eigenvalue weighted by Crippen LogP contribution is 2.17. The highest BCUT2D eigenvalue weighted by Gasteiger charge is 2.07. The van der Waals surface area contributed by atoms with Gasteiger partial charge in [0.05, 0.1) is 7.11 Å². The largest absolute Gasteiger partial charge is 0.497 e. The highest BCUT2D eigenvalue weighted by molar-refractivity contribution is 6.06. The van der Waals surface area contributed by atoms with E-state index in [1.807, 2.05) is 37.3 Å². The van der Waals surface area contributed by atoms with E-state index in [1.54, 1.807) is 61.7 Å². The molecule has 3 aromatic rings. The van der Waals surface area contributed by atoms with E-state index in [0.29, 0.717) is 16.9 Å². The lowest BCUT2D eigenvalue weighted by Gasteiger charge is -2.08. The maximum absolute atomic E-state index is 12.4. The molecule has 2 N–H and O–H groups in total. The van der Waals surface area contributed by atoms with Gasteiger partial charge in [-0.2, -0.15) is 0 Å². The molecular weight excluding hydrogens is 364 g/mol. The molecule has 0 atom stereocenters. The van der Waals surface area contributed by atoms with Crippen molar-refractivity contribution in [3.8, 4) is 5.75 Å². The topological polar surface area (TPSA) is 67.4 Å². The third-order valence-corrected chi connectivity index (χ3v) is 4.34. The van der Waals surface area contributed by atoms with Crippen molar-refractivity contribution in [1.29, 1.82) is 0 Å². The first-order chi connectivity index (χ1) is 14.0. The average Bonchev–Trinajstić information content (AvgIpc) is 2.75. The Kier molecular flexibility index (Phi) is 6.43. The summed E-state index contributed by atoms with van der Waals surface area (Å²) in [6.45, 7) is 1.89. The van der Waals surface area contributed by atoms with Crippen molar-refractivity contribution in [3.63, 3.8) is 0 Å². The minimum Gasteiger partial charge on any atom is -0.497 e. The minimum absolute atomic E-state index is 0.221. The molecule has 146 valence electrons. The van der Waals surface area contributed by atoms with Crippen LogP contribution in [0.3, 0.4) is 0 Å². The molecule has 0 radical (unpaired) electrons. The number of hydrogen-bond donors (Lipinski definition) is 2. The fraction of sp³-hybridized carbons (Fsp3) is 0.0833. The van der Waals surface area contributed by atoms with Gasteiger partial charge in [0, 0.05) is 23.0 Å². The summed E-state index contributed by atoms with van der Waals surface area (Å²) in [6, 6.07) is 23.5. The van der Waals surface area contributed by atoms with Gasteiger partial charge in [-0.05, 0) is 66.6 Å². The molecular formula is C24H22N2O3. The van der Waals surface area contributed by atoms with E-state index < -0.39 is 0 Å². The Morgan fingerprint density at radius 3 is 1.97 bits per heavy atom. The zero-order valence-corrected chi connectivity index (χ0v) is 16.3. The van der Waals surface area contributed by atoms with Gasteiger partial charge in [0.25, 0.3) is 5.91 Å². The number of benzene rings is 3. The summed E-state index contributed by atoms with van der Waals surface area (Å²) < 4.78 is 5.10. The molecule has 0 saturated heterocycles. The molecule has 0 fully saturated rings. The third kappa shape index (κ3) is 5.56. The quantitative estimate of drug-likeness (QED) is 0.587. The molecule has 0 saturated carbocycles. The Hall–Kier alpha value is -3.86. The number of methoxy groups -OCH3 is 1. The maximum atomic E-state index is 12.4. The Morgan fingerprint density at radius 2 is 1.34 bits per heavy atom. The van der Waals surface area contributed by atoms with Gasteiger partial charge in [-0.25, -0.2) is 0 Å². The number of rotatable bonds is 6. The van der Waals surface area contributed by atoms with Gasteiger partial charge in [0.15, 0.2) is 0 Å². The van der Waals surface area contributed by atoms with E-state index in [0.717, 1.165) is 16.9 Å². The summed E-state index contributed by atoms with van der Waals surface area (Å²) in [5.41, 5.74) is 3.66. The molecule has 0 bridgehead atoms. The second-order valence-corrected chi connectivity index (χ2v) is 6.44. The second-order valence-electron chi connectivity index (χ2n) is 6.44. The monoisotopic (exact) mass is 386 g/mol. The third-order valence-electron chi connectivity index (χ3n) is 4.34. The van der Waals surface area contributed by atoms with Crippen LogP contribution in [0, 0.1) is 0 Å². The predicted molar refractivity (Wildman–Crippen MR) is 116 cm³/mol. The fourth-order valence-electron chi connectivity index (χ4n) is 2.74. The lowest BCUT2D eigenvalue weighted by Crippen LogP contribution is -2.12. The summed E-state index contributed by atoms with van der Waals surface area (Å²) in [4.78, 5) is 24.6. The van der Waals surface area contributed by atoms with Crippen LogP contribution in [-0.4, -0.2) is 18.9 Å². The van der Waals surface area contributed by atoms with Gasteiger partial charge >= 0.3 is 0 Å². The number of nitrogens with one attached hydrogen (secondary N) is 2. The van der Waals surface area contributed by atoms with Crippen molar-refractivity contribution >= 4 is 28.8 Å². The summed E-state index contributed by atoms with van der Waals surface area (Å²) in [5.74, 6) is 0.272. The van der Waals surface area contributed by atoms with Gasteiger partial charge in [0.1, 0.15) is 5.75 Å². The number of hydrogen-bond acceptors (Lipinski definition) is 3. The van der Waals surface area contributed by atoms with Crippen LogP contribution in [0.5, 0.6) is 5.75 Å². The van der Waals surface area contributed by atoms with Crippen LogP contribution in [0.4, 0.5) is 11.4 Å². The number of amides is 2. The van der Waals surface area contributed by atoms with E-state index in [-0.39, 0.29) is 11.8 Å². The normalized spacial score (nSPS) is 10.9. The minimum atomic E-state index is -0.229. The van der Waals surface area contributed by atoms with Crippen LogP contribution in [0.2, 0.25) is 0 Å². The highest BCUT2D eigenvalue weighted by atomic mass is 16.5. The second kappa shape index (κ2) is 9.37. The van der Waals surface area contributed by atoms with Crippen LogP contribution in [0.15, 0.2) is 84.9 Å². The van der Waals surface area contributed by atoms with E-state index in [2.05, 4.69) is 10.6 Å². The number of ether oxygens (including phenoxy) is 1. The fourth-order valence-corrected chi connectivity index (χ4v) is 2.74. The molecule has 0 aliphatic rings. The van der Waals surface area contributed by atoms with Crippen molar-refractivity contribution in [1.82, 2.24) is 0 Å². The number of allylic oxidation sites excluding steroid dienone is 1. The molecule has 29 heavy (non-hydrogen) atoms. The summed E-state index contributed by atoms with van der Waals surface area (Å²) in [6.07, 6.45) is 1.56. The van der Waals surface area contributed by atoms with Crippen LogP contribution in [0.1, 0.15) is 22.8 Å². The summed E-state index contributed by atoms with van der Waals surface area (Å²) in [7, 11) is 1.59. The zero-order valence-electron chi connectivity index (χ0n) is 16.3. The number of carbonyl (C=O) groups excluding carboxylic acids is 2. The lowest BCUT2D eigenvalue weighted by atomic mass is 10.1. The predicted octanol–water partition coefficient (Wildman–Crippen LogP) is 4.99. The van der Waals surface area contributed by atoms with Crippen LogP contribution < -0.4 is 15.4 Å². The van der Waals surface area contributed by atoms with Crippen LogP contribution >= 0.6 is 0 Å². The summed E-state index contributed by atoms with van der Waals surface area (Å²) in [5, 5.41) is 5.63. The standard InChI is InChI=1S/C24H22N2O3/c1-17(18-6-4-3-5-7-18)16-23(27)25-20-10-8-19(9-11-20)24(28)26-21-12-14-22(29-2)15-13-21/h3-16H,1-2H3,(H,25,27)(H,26,28)/b17-16-. The Morgan fingerprint density at radius 1 is 0.759 bits per heavy atom. The smallest absolute Gasteiger partial charge is 0.255 e. The van der Waals surface area contributed by atoms with Gasteiger partial charge < -0.3 is 15.4 Å². The van der Waals surface area contributed by atoms with Crippen molar-refractivity contribution < 1.29 is 14.3 Å². The Balaban J connectivity index is 1.60. The molecule has 0 aliphatic heterocycles. The molecule has 0 aromatic heterocycles. The maximum Gasteiger partial charge on any atom is 0.255 e. The number of carbonyl (C=O) groups is 2. The molecule has 3 rings (SSSR count). The van der Waals surface area contributed by atoms with E-state index in [4.69, 9.17) is 4.74 Å². The van der Waals surface area contributed by atoms with Crippen LogP contribution in [-0.2, 0) is 4.79 Å². The van der Waals surface area contributed by atoms with Gasteiger partial charge in [-0.1, -0.05) is 30.3 Å². The molecule has 0 unspecified atom stereocenters.